The van der Waals surface area contributed by atoms with Crippen LogP contribution in [0, 0.1) is 0 Å². The van der Waals surface area contributed by atoms with Gasteiger partial charge in [-0.25, -0.2) is 0 Å². The summed E-state index contributed by atoms with van der Waals surface area (Å²) >= 11 is 0. The van der Waals surface area contributed by atoms with Gasteiger partial charge in [0.1, 0.15) is 0 Å². The molecule has 1 aliphatic heterocycles. The van der Waals surface area contributed by atoms with Crippen molar-refractivity contribution in [3.8, 4) is 0 Å². The van der Waals surface area contributed by atoms with Crippen LogP contribution in [-0.2, 0) is 6.54 Å². The van der Waals surface area contributed by atoms with Crippen molar-refractivity contribution < 1.29 is 0 Å². The molecule has 1 heterocycles. The second kappa shape index (κ2) is 6.02. The van der Waals surface area contributed by atoms with Crippen LogP contribution in [0.4, 0.5) is 0 Å². The maximum atomic E-state index is 3.54. The van der Waals surface area contributed by atoms with Crippen LogP contribution in [-0.4, -0.2) is 30.6 Å². The van der Waals surface area contributed by atoms with Crippen molar-refractivity contribution in [3.63, 3.8) is 0 Å². The lowest BCUT2D eigenvalue weighted by Gasteiger charge is -2.27. The monoisotopic (exact) mass is 218 g/mol. The van der Waals surface area contributed by atoms with Crippen LogP contribution in [0.5, 0.6) is 0 Å². The van der Waals surface area contributed by atoms with Crippen LogP contribution >= 0.6 is 0 Å². The molecule has 1 unspecified atom stereocenters. The molecule has 2 rings (SSSR count). The van der Waals surface area contributed by atoms with Crippen molar-refractivity contribution in [2.24, 2.45) is 0 Å². The van der Waals surface area contributed by atoms with Crippen LogP contribution in [0.25, 0.3) is 0 Å². The van der Waals surface area contributed by atoms with Crippen molar-refractivity contribution in [1.82, 2.24) is 10.2 Å². The predicted molar refractivity (Wildman–Crippen MR) is 68.4 cm³/mol. The highest BCUT2D eigenvalue weighted by Gasteiger charge is 2.11. The Labute approximate surface area is 98.7 Å². The molecule has 0 saturated carbocycles. The first-order valence-electron chi connectivity index (χ1n) is 6.34. The summed E-state index contributed by atoms with van der Waals surface area (Å²) in [6.07, 6.45) is 2.52. The van der Waals surface area contributed by atoms with Gasteiger partial charge < -0.3 is 5.32 Å². The zero-order valence-corrected chi connectivity index (χ0v) is 10.2. The van der Waals surface area contributed by atoms with Crippen molar-refractivity contribution in [1.29, 1.82) is 0 Å². The summed E-state index contributed by atoms with van der Waals surface area (Å²) in [5, 5.41) is 3.54. The summed E-state index contributed by atoms with van der Waals surface area (Å²) in [5.41, 5.74) is 1.43. The van der Waals surface area contributed by atoms with E-state index in [-0.39, 0.29) is 0 Å². The zero-order chi connectivity index (χ0) is 11.2. The largest absolute Gasteiger partial charge is 0.314 e. The predicted octanol–water partition coefficient (Wildman–Crippen LogP) is 2.26. The minimum atomic E-state index is 0.665. The normalized spacial score (nSPS) is 23.7. The van der Waals surface area contributed by atoms with Gasteiger partial charge in [0.15, 0.2) is 0 Å². The SMILES string of the molecule is CC1CCN(Cc2ccccc2)CCCN1. The number of rotatable bonds is 2. The molecule has 1 aliphatic rings. The third-order valence-electron chi connectivity index (χ3n) is 3.27. The molecule has 1 fully saturated rings. The maximum absolute atomic E-state index is 3.54. The molecule has 1 saturated heterocycles. The summed E-state index contributed by atoms with van der Waals surface area (Å²) in [6.45, 7) is 6.98. The van der Waals surface area contributed by atoms with Crippen molar-refractivity contribution >= 4 is 0 Å². The molecule has 0 aliphatic carbocycles. The number of nitrogens with one attached hydrogen (secondary N) is 1. The van der Waals surface area contributed by atoms with E-state index >= 15 is 0 Å². The Hall–Kier alpha value is -0.860. The van der Waals surface area contributed by atoms with Gasteiger partial charge in [0.25, 0.3) is 0 Å². The molecule has 1 aromatic rings. The first kappa shape index (κ1) is 11.6. The Morgan fingerprint density at radius 1 is 1.25 bits per heavy atom. The smallest absolute Gasteiger partial charge is 0.0233 e. The van der Waals surface area contributed by atoms with Gasteiger partial charge in [0.05, 0.1) is 0 Å². The Morgan fingerprint density at radius 3 is 2.88 bits per heavy atom. The van der Waals surface area contributed by atoms with E-state index < -0.39 is 0 Å². The quantitative estimate of drug-likeness (QED) is 0.819. The van der Waals surface area contributed by atoms with Gasteiger partial charge in [-0.15, -0.1) is 0 Å². The molecule has 88 valence electrons. The zero-order valence-electron chi connectivity index (χ0n) is 10.2. The first-order valence-corrected chi connectivity index (χ1v) is 6.34. The molecular formula is C14H22N2. The Balaban J connectivity index is 1.88. The second-order valence-electron chi connectivity index (χ2n) is 4.76. The lowest BCUT2D eigenvalue weighted by atomic mass is 10.1. The number of nitrogens with zero attached hydrogens (tertiary/aromatic N) is 1. The van der Waals surface area contributed by atoms with Gasteiger partial charge in [-0.05, 0) is 45.0 Å². The summed E-state index contributed by atoms with van der Waals surface area (Å²) in [6, 6.07) is 11.5. The third kappa shape index (κ3) is 3.62. The van der Waals surface area contributed by atoms with E-state index in [9.17, 15) is 0 Å². The fraction of sp³-hybridized carbons (Fsp3) is 0.571. The van der Waals surface area contributed by atoms with Crippen LogP contribution in [0.2, 0.25) is 0 Å². The highest BCUT2D eigenvalue weighted by atomic mass is 15.1. The highest BCUT2D eigenvalue weighted by Crippen LogP contribution is 2.08. The molecule has 0 spiro atoms. The van der Waals surface area contributed by atoms with Gasteiger partial charge in [-0.3, -0.25) is 4.90 Å². The standard InChI is InChI=1S/C14H22N2/c1-13-8-11-16(10-5-9-15-13)12-14-6-3-2-4-7-14/h2-4,6-7,13,15H,5,8-12H2,1H3. The molecule has 2 nitrogen and oxygen atoms in total. The van der Waals surface area contributed by atoms with Crippen molar-refractivity contribution in [2.75, 3.05) is 19.6 Å². The Morgan fingerprint density at radius 2 is 2.06 bits per heavy atom. The number of benzene rings is 1. The molecule has 0 radical (unpaired) electrons. The highest BCUT2D eigenvalue weighted by molar-refractivity contribution is 5.14. The van der Waals surface area contributed by atoms with Gasteiger partial charge in [0.2, 0.25) is 0 Å². The molecule has 0 aromatic heterocycles. The maximum Gasteiger partial charge on any atom is 0.0233 e. The molecule has 16 heavy (non-hydrogen) atoms. The van der Waals surface area contributed by atoms with E-state index in [1.807, 2.05) is 0 Å². The summed E-state index contributed by atoms with van der Waals surface area (Å²) < 4.78 is 0. The van der Waals surface area contributed by atoms with Gasteiger partial charge in [-0.1, -0.05) is 30.3 Å². The van der Waals surface area contributed by atoms with Crippen molar-refractivity contribution in [3.05, 3.63) is 35.9 Å². The average Bonchev–Trinajstić information content (AvgIpc) is 2.30. The minimum absolute atomic E-state index is 0.665. The van der Waals surface area contributed by atoms with Crippen LogP contribution in [0.15, 0.2) is 30.3 Å². The summed E-state index contributed by atoms with van der Waals surface area (Å²) in [4.78, 5) is 2.58. The lowest BCUT2D eigenvalue weighted by Crippen LogP contribution is -2.38. The van der Waals surface area contributed by atoms with E-state index in [0.717, 1.165) is 13.1 Å². The Bertz CT molecular complexity index is 297. The van der Waals surface area contributed by atoms with E-state index in [2.05, 4.69) is 47.5 Å². The summed E-state index contributed by atoms with van der Waals surface area (Å²) in [5.74, 6) is 0. The van der Waals surface area contributed by atoms with Gasteiger partial charge >= 0.3 is 0 Å². The molecule has 0 amide bonds. The van der Waals surface area contributed by atoms with Gasteiger partial charge in [-0.2, -0.15) is 0 Å². The molecule has 1 aromatic carbocycles. The molecule has 2 heteroatoms. The number of hydrogen-bond acceptors (Lipinski definition) is 2. The fourth-order valence-electron chi connectivity index (χ4n) is 2.24. The Kier molecular flexibility index (Phi) is 4.37. The molecule has 0 bridgehead atoms. The molecule has 1 N–H and O–H groups in total. The van der Waals surface area contributed by atoms with Crippen LogP contribution in [0.3, 0.4) is 0 Å². The topological polar surface area (TPSA) is 15.3 Å². The lowest BCUT2D eigenvalue weighted by molar-refractivity contribution is 0.229. The summed E-state index contributed by atoms with van der Waals surface area (Å²) in [7, 11) is 0. The van der Waals surface area contributed by atoms with Crippen LogP contribution < -0.4 is 5.32 Å². The average molecular weight is 218 g/mol. The third-order valence-corrected chi connectivity index (χ3v) is 3.27. The fourth-order valence-corrected chi connectivity index (χ4v) is 2.24. The molecular weight excluding hydrogens is 196 g/mol. The second-order valence-corrected chi connectivity index (χ2v) is 4.76. The van der Waals surface area contributed by atoms with Crippen LogP contribution in [0.1, 0.15) is 25.3 Å². The molecule has 1 atom stereocenters. The number of hydrogen-bond donors (Lipinski definition) is 1. The van der Waals surface area contributed by atoms with E-state index in [4.69, 9.17) is 0 Å². The van der Waals surface area contributed by atoms with Crippen molar-refractivity contribution in [2.45, 2.75) is 32.4 Å². The first-order chi connectivity index (χ1) is 7.84. The minimum Gasteiger partial charge on any atom is -0.314 e. The van der Waals surface area contributed by atoms with E-state index in [0.29, 0.717) is 6.04 Å². The van der Waals surface area contributed by atoms with E-state index in [1.165, 1.54) is 31.5 Å². The van der Waals surface area contributed by atoms with E-state index in [1.54, 1.807) is 0 Å². The van der Waals surface area contributed by atoms with Gasteiger partial charge in [0, 0.05) is 12.6 Å².